The van der Waals surface area contributed by atoms with E-state index in [1.165, 1.54) is 5.56 Å². The van der Waals surface area contributed by atoms with E-state index in [9.17, 15) is 9.90 Å². The lowest BCUT2D eigenvalue weighted by Gasteiger charge is -2.35. The molecule has 0 spiro atoms. The van der Waals surface area contributed by atoms with Crippen molar-refractivity contribution in [2.45, 2.75) is 19.8 Å². The van der Waals surface area contributed by atoms with E-state index in [-0.39, 0.29) is 19.1 Å². The van der Waals surface area contributed by atoms with E-state index in [0.717, 1.165) is 140 Å². The lowest BCUT2D eigenvalue weighted by molar-refractivity contribution is -0.131. The van der Waals surface area contributed by atoms with Gasteiger partial charge in [-0.3, -0.25) is 24.6 Å². The first-order chi connectivity index (χ1) is 29.4. The third-order valence-corrected chi connectivity index (χ3v) is 12.2. The first-order valence-electron chi connectivity index (χ1n) is 21.4. The van der Waals surface area contributed by atoms with Crippen molar-refractivity contribution < 1.29 is 9.90 Å². The number of hydrogen-bond acceptors (Lipinski definition) is 11. The molecular formula is C46H56N12O2. The fourth-order valence-corrected chi connectivity index (χ4v) is 8.98. The number of benzene rings is 3. The monoisotopic (exact) mass is 808 g/mol. The number of fused-ring (bicyclic) bond motifs is 2. The van der Waals surface area contributed by atoms with Crippen molar-refractivity contribution in [1.82, 2.24) is 44.4 Å². The number of β-amino-alcohol motifs (C(OH)–C–C–N with tert-alkyl or cyclic N) is 1. The Morgan fingerprint density at radius 1 is 0.850 bits per heavy atom. The summed E-state index contributed by atoms with van der Waals surface area (Å²) in [6.07, 6.45) is 6.17. The van der Waals surface area contributed by atoms with Crippen LogP contribution in [-0.2, 0) is 18.3 Å². The number of anilines is 3. The molecule has 9 rings (SSSR count). The summed E-state index contributed by atoms with van der Waals surface area (Å²) in [7, 11) is 1.96. The Hall–Kier alpha value is -5.80. The molecule has 3 aromatic carbocycles. The van der Waals surface area contributed by atoms with Gasteiger partial charge in [-0.25, -0.2) is 4.98 Å². The van der Waals surface area contributed by atoms with Gasteiger partial charge in [-0.1, -0.05) is 66.7 Å². The second-order valence-electron chi connectivity index (χ2n) is 16.1. The average Bonchev–Trinajstić information content (AvgIpc) is 3.82. The highest BCUT2D eigenvalue weighted by Gasteiger charge is 2.25. The van der Waals surface area contributed by atoms with Gasteiger partial charge in [-0.05, 0) is 49.6 Å². The number of carbonyl (C=O) groups is 1. The molecule has 2 fully saturated rings. The Labute approximate surface area is 351 Å². The summed E-state index contributed by atoms with van der Waals surface area (Å²) in [4.78, 5) is 29.9. The van der Waals surface area contributed by atoms with E-state index in [2.05, 4.69) is 110 Å². The molecule has 3 N–H and O–H groups in total. The number of piperazine rings is 2. The smallest absolute Gasteiger partial charge is 0.241 e. The van der Waals surface area contributed by atoms with Crippen LogP contribution >= 0.6 is 0 Å². The third kappa shape index (κ3) is 8.33. The number of nitrogens with zero attached hydrogens (tertiary/aromatic N) is 10. The van der Waals surface area contributed by atoms with E-state index in [1.807, 2.05) is 39.3 Å². The molecule has 1 amide bonds. The summed E-state index contributed by atoms with van der Waals surface area (Å²) in [5.41, 5.74) is 9.25. The summed E-state index contributed by atoms with van der Waals surface area (Å²) in [5.74, 6) is 2.07. The molecule has 3 aliphatic rings. The van der Waals surface area contributed by atoms with Crippen molar-refractivity contribution in [3.8, 4) is 22.4 Å². The predicted molar refractivity (Wildman–Crippen MR) is 239 cm³/mol. The highest BCUT2D eigenvalue weighted by molar-refractivity contribution is 5.99. The molecule has 0 saturated carbocycles. The number of amides is 1. The zero-order chi connectivity index (χ0) is 41.0. The van der Waals surface area contributed by atoms with Gasteiger partial charge in [0.2, 0.25) is 5.91 Å². The molecule has 6 aromatic rings. The third-order valence-electron chi connectivity index (χ3n) is 12.2. The summed E-state index contributed by atoms with van der Waals surface area (Å²) < 4.78 is 3.93. The van der Waals surface area contributed by atoms with Crippen LogP contribution in [0.15, 0.2) is 91.1 Å². The summed E-state index contributed by atoms with van der Waals surface area (Å²) in [6, 6.07) is 27.6. The maximum atomic E-state index is 13.4. The standard InChI is InChI=1S/C46H56N12O2/c1-34-43(46-49-40(36-12-4-3-5-13-36)31-41(58(46)50-34)55-24-20-54(21-25-55)28-29-59)37-14-6-10-35(30-37)11-8-18-53-22-26-56(27-23-53)42(60)32-48-39-16-7-15-38-44(39)52(2)51-45(38)57-19-9-17-47-33-57/h3-7,9-10,12-16,19,30-31,47-48,59H,8,11,17-18,20-29,32-33H2,1-2H3. The summed E-state index contributed by atoms with van der Waals surface area (Å²) in [6.45, 7) is 12.5. The van der Waals surface area contributed by atoms with Crippen LogP contribution in [0.1, 0.15) is 17.7 Å². The Morgan fingerprint density at radius 2 is 1.62 bits per heavy atom. The normalized spacial score (nSPS) is 16.7. The van der Waals surface area contributed by atoms with Crippen LogP contribution in [0.4, 0.5) is 17.3 Å². The van der Waals surface area contributed by atoms with Gasteiger partial charge in [0, 0.05) is 101 Å². The van der Waals surface area contributed by atoms with Crippen LogP contribution in [0.25, 0.3) is 38.9 Å². The fourth-order valence-electron chi connectivity index (χ4n) is 8.98. The van der Waals surface area contributed by atoms with Gasteiger partial charge in [-0.15, -0.1) is 0 Å². The first-order valence-corrected chi connectivity index (χ1v) is 21.4. The molecule has 0 radical (unpaired) electrons. The quantitative estimate of drug-likeness (QED) is 0.154. The van der Waals surface area contributed by atoms with Crippen LogP contribution in [0.3, 0.4) is 0 Å². The van der Waals surface area contributed by atoms with Crippen LogP contribution < -0.4 is 20.4 Å². The number of aromatic nitrogens is 5. The zero-order valence-corrected chi connectivity index (χ0v) is 34.8. The minimum atomic E-state index is 0.120. The van der Waals surface area contributed by atoms with E-state index in [1.54, 1.807) is 0 Å². The molecule has 0 aliphatic carbocycles. The Kier molecular flexibility index (Phi) is 11.8. The number of nitrogens with one attached hydrogen (secondary N) is 2. The molecule has 2 saturated heterocycles. The number of rotatable bonds is 13. The van der Waals surface area contributed by atoms with Gasteiger partial charge in [0.05, 0.1) is 42.4 Å². The Balaban J connectivity index is 0.820. The van der Waals surface area contributed by atoms with Crippen molar-refractivity contribution in [1.29, 1.82) is 0 Å². The van der Waals surface area contributed by atoms with Crippen molar-refractivity contribution >= 4 is 39.8 Å². The van der Waals surface area contributed by atoms with Crippen LogP contribution in [0.5, 0.6) is 0 Å². The van der Waals surface area contributed by atoms with E-state index in [4.69, 9.17) is 15.2 Å². The molecule has 14 heteroatoms. The van der Waals surface area contributed by atoms with Crippen LogP contribution in [0, 0.1) is 6.92 Å². The molecule has 0 unspecified atom stereocenters. The molecule has 6 heterocycles. The topological polar surface area (TPSA) is 126 Å². The average molecular weight is 809 g/mol. The van der Waals surface area contributed by atoms with Gasteiger partial charge < -0.3 is 25.1 Å². The number of aliphatic hydroxyl groups excluding tert-OH is 1. The Morgan fingerprint density at radius 3 is 2.40 bits per heavy atom. The van der Waals surface area contributed by atoms with Gasteiger partial charge in [0.15, 0.2) is 11.5 Å². The maximum absolute atomic E-state index is 13.4. The lowest BCUT2D eigenvalue weighted by Crippen LogP contribution is -2.50. The molecule has 14 nitrogen and oxygen atoms in total. The van der Waals surface area contributed by atoms with E-state index < -0.39 is 0 Å². The minimum absolute atomic E-state index is 0.120. The number of carbonyl (C=O) groups excluding carboxylic acids is 1. The van der Waals surface area contributed by atoms with E-state index in [0.29, 0.717) is 13.2 Å². The molecule has 0 atom stereocenters. The number of aryl methyl sites for hydroxylation is 3. The second kappa shape index (κ2) is 17.8. The van der Waals surface area contributed by atoms with Crippen molar-refractivity contribution in [3.05, 3.63) is 102 Å². The van der Waals surface area contributed by atoms with Gasteiger partial charge in [0.1, 0.15) is 5.82 Å². The molecule has 3 aromatic heterocycles. The SMILES string of the molecule is Cc1nn2c(N3CCN(CCO)CC3)cc(-c3ccccc3)nc2c1-c1cccc(CCCN2CCN(C(=O)CNc3cccc4c(N5C=CCNC5)nn(C)c34)CC2)c1. The predicted octanol–water partition coefficient (Wildman–Crippen LogP) is 4.44. The van der Waals surface area contributed by atoms with Gasteiger partial charge >= 0.3 is 0 Å². The highest BCUT2D eigenvalue weighted by Crippen LogP contribution is 2.34. The number of aliphatic hydroxyl groups is 1. The first kappa shape index (κ1) is 39.6. The largest absolute Gasteiger partial charge is 0.395 e. The lowest BCUT2D eigenvalue weighted by atomic mass is 10.0. The van der Waals surface area contributed by atoms with Crippen LogP contribution in [0.2, 0.25) is 0 Å². The van der Waals surface area contributed by atoms with Crippen molar-refractivity contribution in [2.24, 2.45) is 7.05 Å². The summed E-state index contributed by atoms with van der Waals surface area (Å²) >= 11 is 0. The highest BCUT2D eigenvalue weighted by atomic mass is 16.3. The van der Waals surface area contributed by atoms with Crippen LogP contribution in [-0.4, -0.2) is 142 Å². The van der Waals surface area contributed by atoms with Gasteiger partial charge in [-0.2, -0.15) is 14.7 Å². The molecule has 0 bridgehead atoms. The zero-order valence-electron chi connectivity index (χ0n) is 34.8. The fraction of sp³-hybridized carbons (Fsp3) is 0.391. The minimum Gasteiger partial charge on any atom is -0.395 e. The number of para-hydroxylation sites is 1. The number of hydrogen-bond donors (Lipinski definition) is 3. The van der Waals surface area contributed by atoms with E-state index >= 15 is 0 Å². The second-order valence-corrected chi connectivity index (χ2v) is 16.1. The van der Waals surface area contributed by atoms with Crippen molar-refractivity contribution in [2.75, 3.05) is 107 Å². The molecule has 60 heavy (non-hydrogen) atoms. The van der Waals surface area contributed by atoms with Gasteiger partial charge in [0.25, 0.3) is 0 Å². The molecular weight excluding hydrogens is 753 g/mol. The maximum Gasteiger partial charge on any atom is 0.241 e. The summed E-state index contributed by atoms with van der Waals surface area (Å²) in [5, 5.41) is 27.2. The Bertz CT molecular complexity index is 2460. The van der Waals surface area contributed by atoms with Crippen molar-refractivity contribution in [3.63, 3.8) is 0 Å². The molecule has 3 aliphatic heterocycles. The molecule has 312 valence electrons.